The van der Waals surface area contributed by atoms with Crippen LogP contribution in [0.4, 0.5) is 0 Å². The lowest BCUT2D eigenvalue weighted by Gasteiger charge is -2.07. The molecular weight excluding hydrogens is 309 g/mol. The fourth-order valence-electron chi connectivity index (χ4n) is 1.42. The Balaban J connectivity index is 2.73. The number of ketones is 1. The third-order valence-electron chi connectivity index (χ3n) is 2.40. The molecule has 0 aliphatic carbocycles. The molecule has 0 bridgehead atoms. The summed E-state index contributed by atoms with van der Waals surface area (Å²) in [6, 6.07) is 4.33. The first-order valence-electron chi connectivity index (χ1n) is 5.81. The van der Waals surface area contributed by atoms with Crippen LogP contribution >= 0.6 is 23.2 Å². The third kappa shape index (κ3) is 5.48. The van der Waals surface area contributed by atoms with E-state index in [4.69, 9.17) is 23.2 Å². The minimum absolute atomic E-state index is 0.154. The van der Waals surface area contributed by atoms with Crippen LogP contribution in [0.2, 0.25) is 10.0 Å². The Bertz CT molecular complexity index is 558. The fraction of sp³-hybridized carbons (Fsp3) is 0.417. The Morgan fingerprint density at radius 3 is 2.58 bits per heavy atom. The molecule has 19 heavy (non-hydrogen) atoms. The van der Waals surface area contributed by atoms with Crippen LogP contribution in [-0.2, 0) is 10.0 Å². The second-order valence-electron chi connectivity index (χ2n) is 4.05. The van der Waals surface area contributed by atoms with Crippen molar-refractivity contribution in [3.63, 3.8) is 0 Å². The molecule has 0 saturated heterocycles. The van der Waals surface area contributed by atoms with Gasteiger partial charge in [-0.15, -0.1) is 0 Å². The van der Waals surface area contributed by atoms with Crippen LogP contribution in [0.1, 0.15) is 30.1 Å². The molecule has 1 aromatic rings. The van der Waals surface area contributed by atoms with Crippen molar-refractivity contribution in [2.24, 2.45) is 0 Å². The lowest BCUT2D eigenvalue weighted by atomic mass is 10.1. The second-order valence-corrected chi connectivity index (χ2v) is 6.70. The molecule has 0 saturated carbocycles. The first kappa shape index (κ1) is 16.4. The molecule has 7 heteroatoms. The summed E-state index contributed by atoms with van der Waals surface area (Å²) in [5.74, 6) is -1.16. The van der Waals surface area contributed by atoms with E-state index in [1.807, 2.05) is 6.92 Å². The van der Waals surface area contributed by atoms with Crippen LogP contribution in [0, 0.1) is 0 Å². The Kier molecular flexibility index (Phi) is 6.26. The van der Waals surface area contributed by atoms with Gasteiger partial charge in [-0.1, -0.05) is 36.5 Å². The third-order valence-corrected chi connectivity index (χ3v) is 4.24. The average Bonchev–Trinajstić information content (AvgIpc) is 2.28. The smallest absolute Gasteiger partial charge is 0.219 e. The second kappa shape index (κ2) is 7.24. The van der Waals surface area contributed by atoms with Crippen LogP contribution in [0.3, 0.4) is 0 Å². The summed E-state index contributed by atoms with van der Waals surface area (Å²) in [7, 11) is -3.62. The highest BCUT2D eigenvalue weighted by molar-refractivity contribution is 7.90. The Morgan fingerprint density at radius 1 is 1.32 bits per heavy atom. The van der Waals surface area contributed by atoms with Gasteiger partial charge in [0.1, 0.15) is 5.75 Å². The van der Waals surface area contributed by atoms with Crippen molar-refractivity contribution < 1.29 is 13.2 Å². The standard InChI is InChI=1S/C12H15Cl2NO3S/c1-2-3-6-15-19(17,18)8-12(16)10-5-4-9(13)7-11(10)14/h4-5,7,15H,2-3,6,8H2,1H3. The minimum atomic E-state index is -3.62. The molecule has 4 nitrogen and oxygen atoms in total. The number of rotatable bonds is 7. The van der Waals surface area contributed by atoms with Gasteiger partial charge in [0.15, 0.2) is 5.78 Å². The zero-order valence-electron chi connectivity index (χ0n) is 10.4. The molecule has 106 valence electrons. The Morgan fingerprint density at radius 2 is 2.00 bits per heavy atom. The number of Topliss-reactive ketones (excluding diaryl/α,β-unsaturated/α-hetero) is 1. The largest absolute Gasteiger partial charge is 0.293 e. The molecular formula is C12H15Cl2NO3S. The predicted molar refractivity (Wildman–Crippen MR) is 77.5 cm³/mol. The molecule has 0 amide bonds. The van der Waals surface area contributed by atoms with E-state index in [0.29, 0.717) is 11.6 Å². The molecule has 1 rings (SSSR count). The van der Waals surface area contributed by atoms with Gasteiger partial charge < -0.3 is 0 Å². The highest BCUT2D eigenvalue weighted by atomic mass is 35.5. The highest BCUT2D eigenvalue weighted by Crippen LogP contribution is 2.21. The summed E-state index contributed by atoms with van der Waals surface area (Å²) < 4.78 is 25.7. The summed E-state index contributed by atoms with van der Waals surface area (Å²) in [6.45, 7) is 2.29. The number of halogens is 2. The number of carbonyl (C=O) groups is 1. The van der Waals surface area contributed by atoms with Gasteiger partial charge in [0, 0.05) is 17.1 Å². The van der Waals surface area contributed by atoms with Gasteiger partial charge in [0.25, 0.3) is 0 Å². The van der Waals surface area contributed by atoms with Crippen molar-refractivity contribution >= 4 is 39.0 Å². The topological polar surface area (TPSA) is 63.2 Å². The number of hydrogen-bond donors (Lipinski definition) is 1. The van der Waals surface area contributed by atoms with Crippen molar-refractivity contribution in [3.05, 3.63) is 33.8 Å². The molecule has 0 aliphatic heterocycles. The van der Waals surface area contributed by atoms with Crippen LogP contribution < -0.4 is 4.72 Å². The summed E-state index contributed by atoms with van der Waals surface area (Å²) in [4.78, 5) is 11.9. The van der Waals surface area contributed by atoms with E-state index >= 15 is 0 Å². The maximum atomic E-state index is 11.9. The molecule has 0 unspecified atom stereocenters. The van der Waals surface area contributed by atoms with E-state index in [1.165, 1.54) is 18.2 Å². The van der Waals surface area contributed by atoms with Gasteiger partial charge >= 0.3 is 0 Å². The molecule has 1 N–H and O–H groups in total. The Hall–Kier alpha value is -0.620. The summed E-state index contributed by atoms with van der Waals surface area (Å²) >= 11 is 11.6. The van der Waals surface area contributed by atoms with Gasteiger partial charge in [0.2, 0.25) is 10.0 Å². The normalized spacial score (nSPS) is 11.5. The van der Waals surface area contributed by atoms with E-state index < -0.39 is 21.6 Å². The highest BCUT2D eigenvalue weighted by Gasteiger charge is 2.19. The molecule has 0 radical (unpaired) electrons. The van der Waals surface area contributed by atoms with Crippen molar-refractivity contribution in [2.75, 3.05) is 12.3 Å². The molecule has 0 heterocycles. The fourth-order valence-corrected chi connectivity index (χ4v) is 2.99. The maximum absolute atomic E-state index is 11.9. The van der Waals surface area contributed by atoms with Gasteiger partial charge in [-0.3, -0.25) is 4.79 Å². The van der Waals surface area contributed by atoms with Gasteiger partial charge in [-0.25, -0.2) is 13.1 Å². The molecule has 0 spiro atoms. The lowest BCUT2D eigenvalue weighted by molar-refractivity contribution is 0.102. The van der Waals surface area contributed by atoms with Crippen LogP contribution in [-0.4, -0.2) is 26.5 Å². The van der Waals surface area contributed by atoms with E-state index in [2.05, 4.69) is 4.72 Å². The van der Waals surface area contributed by atoms with Crippen LogP contribution in [0.25, 0.3) is 0 Å². The number of sulfonamides is 1. The van der Waals surface area contributed by atoms with E-state index in [1.54, 1.807) is 0 Å². The molecule has 0 aliphatic rings. The molecule has 0 atom stereocenters. The van der Waals surface area contributed by atoms with Crippen molar-refractivity contribution in [3.8, 4) is 0 Å². The zero-order valence-corrected chi connectivity index (χ0v) is 12.8. The van der Waals surface area contributed by atoms with Gasteiger partial charge in [0.05, 0.1) is 5.02 Å². The van der Waals surface area contributed by atoms with Gasteiger partial charge in [-0.05, 0) is 24.6 Å². The summed E-state index contributed by atoms with van der Waals surface area (Å²) in [5.41, 5.74) is 0.159. The van der Waals surface area contributed by atoms with E-state index in [-0.39, 0.29) is 10.6 Å². The number of hydrogen-bond acceptors (Lipinski definition) is 3. The molecule has 0 aromatic heterocycles. The van der Waals surface area contributed by atoms with Crippen molar-refractivity contribution in [1.82, 2.24) is 4.72 Å². The molecule has 0 fully saturated rings. The predicted octanol–water partition coefficient (Wildman–Crippen LogP) is 2.90. The van der Waals surface area contributed by atoms with Crippen molar-refractivity contribution in [1.29, 1.82) is 0 Å². The number of benzene rings is 1. The van der Waals surface area contributed by atoms with Crippen LogP contribution in [0.5, 0.6) is 0 Å². The molecule has 1 aromatic carbocycles. The first-order chi connectivity index (χ1) is 8.85. The number of unbranched alkanes of at least 4 members (excludes halogenated alkanes) is 1. The number of carbonyl (C=O) groups excluding carboxylic acids is 1. The average molecular weight is 324 g/mol. The first-order valence-corrected chi connectivity index (χ1v) is 8.22. The number of nitrogens with one attached hydrogen (secondary N) is 1. The lowest BCUT2D eigenvalue weighted by Crippen LogP contribution is -2.31. The SMILES string of the molecule is CCCCNS(=O)(=O)CC(=O)c1ccc(Cl)cc1Cl. The summed E-state index contributed by atoms with van der Waals surface area (Å²) in [6.07, 6.45) is 1.61. The maximum Gasteiger partial charge on any atom is 0.219 e. The van der Waals surface area contributed by atoms with E-state index in [0.717, 1.165) is 12.8 Å². The zero-order chi connectivity index (χ0) is 14.5. The Labute approximate surface area is 123 Å². The summed E-state index contributed by atoms with van der Waals surface area (Å²) in [5, 5.41) is 0.548. The minimum Gasteiger partial charge on any atom is -0.293 e. The monoisotopic (exact) mass is 323 g/mol. The van der Waals surface area contributed by atoms with E-state index in [9.17, 15) is 13.2 Å². The van der Waals surface area contributed by atoms with Gasteiger partial charge in [-0.2, -0.15) is 0 Å². The van der Waals surface area contributed by atoms with Crippen LogP contribution in [0.15, 0.2) is 18.2 Å². The van der Waals surface area contributed by atoms with Crippen molar-refractivity contribution in [2.45, 2.75) is 19.8 Å². The quantitative estimate of drug-likeness (QED) is 0.620.